The SMILES string of the molecule is CC(C)(C)OC(=O)CCOCC(COCCC(=O)OC(C)(C)C)NC(=O)OCc1ccccc1. The van der Waals surface area contributed by atoms with Crippen molar-refractivity contribution in [1.29, 1.82) is 0 Å². The van der Waals surface area contributed by atoms with E-state index in [0.29, 0.717) is 0 Å². The van der Waals surface area contributed by atoms with Gasteiger partial charge in [-0.15, -0.1) is 0 Å². The van der Waals surface area contributed by atoms with E-state index >= 15 is 0 Å². The fourth-order valence-corrected chi connectivity index (χ4v) is 2.61. The molecule has 1 rings (SSSR count). The first-order chi connectivity index (χ1) is 15.8. The highest BCUT2D eigenvalue weighted by Gasteiger charge is 2.19. The molecule has 9 nitrogen and oxygen atoms in total. The number of benzene rings is 1. The molecule has 0 saturated carbocycles. The van der Waals surface area contributed by atoms with E-state index in [1.54, 1.807) is 41.5 Å². The maximum Gasteiger partial charge on any atom is 0.407 e. The molecule has 0 spiro atoms. The second-order valence-corrected chi connectivity index (χ2v) is 9.73. The van der Waals surface area contributed by atoms with Crippen molar-refractivity contribution in [3.8, 4) is 0 Å². The van der Waals surface area contributed by atoms with Crippen LogP contribution in [0.5, 0.6) is 0 Å². The maximum absolute atomic E-state index is 12.2. The van der Waals surface area contributed by atoms with Crippen LogP contribution >= 0.6 is 0 Å². The number of hydrogen-bond acceptors (Lipinski definition) is 8. The number of nitrogens with one attached hydrogen (secondary N) is 1. The molecule has 0 unspecified atom stereocenters. The summed E-state index contributed by atoms with van der Waals surface area (Å²) < 4.78 is 26.8. The molecular formula is C25H39NO8. The summed E-state index contributed by atoms with van der Waals surface area (Å²) in [5.41, 5.74) is -0.270. The first kappa shape index (κ1) is 29.4. The third kappa shape index (κ3) is 16.0. The lowest BCUT2D eigenvalue weighted by molar-refractivity contribution is -0.157. The number of esters is 2. The number of alkyl carbamates (subject to hydrolysis) is 1. The molecule has 0 radical (unpaired) electrons. The lowest BCUT2D eigenvalue weighted by atomic mass is 10.2. The van der Waals surface area contributed by atoms with Crippen LogP contribution in [-0.4, -0.2) is 61.7 Å². The van der Waals surface area contributed by atoms with E-state index in [4.69, 9.17) is 23.7 Å². The molecule has 9 heteroatoms. The van der Waals surface area contributed by atoms with Gasteiger partial charge in [-0.1, -0.05) is 30.3 Å². The van der Waals surface area contributed by atoms with Gasteiger partial charge in [0.05, 0.1) is 45.3 Å². The topological polar surface area (TPSA) is 109 Å². The third-order valence-electron chi connectivity index (χ3n) is 3.91. The van der Waals surface area contributed by atoms with Crippen molar-refractivity contribution in [2.75, 3.05) is 26.4 Å². The van der Waals surface area contributed by atoms with Gasteiger partial charge in [-0.25, -0.2) is 4.79 Å². The standard InChI is InChI=1S/C25H39NO8/c1-24(2,3)33-21(27)12-14-30-17-20(18-31-15-13-22(28)34-25(4,5)6)26-23(29)32-16-19-10-8-7-9-11-19/h7-11,20H,12-18H2,1-6H3,(H,26,29). The first-order valence-electron chi connectivity index (χ1n) is 11.4. The number of rotatable bonds is 13. The average molecular weight is 482 g/mol. The van der Waals surface area contributed by atoms with Crippen LogP contribution in [0.25, 0.3) is 0 Å². The van der Waals surface area contributed by atoms with Gasteiger partial charge in [0.1, 0.15) is 17.8 Å². The van der Waals surface area contributed by atoms with Gasteiger partial charge in [-0.3, -0.25) is 9.59 Å². The third-order valence-corrected chi connectivity index (χ3v) is 3.91. The van der Waals surface area contributed by atoms with Crippen molar-refractivity contribution in [3.63, 3.8) is 0 Å². The molecule has 0 saturated heterocycles. The molecule has 1 aromatic rings. The van der Waals surface area contributed by atoms with Crippen LogP contribution in [0, 0.1) is 0 Å². The van der Waals surface area contributed by atoms with Gasteiger partial charge in [0.25, 0.3) is 0 Å². The smallest absolute Gasteiger partial charge is 0.407 e. The van der Waals surface area contributed by atoms with Crippen LogP contribution in [0.4, 0.5) is 4.79 Å². The predicted molar refractivity (Wildman–Crippen MR) is 126 cm³/mol. The highest BCUT2D eigenvalue weighted by molar-refractivity contribution is 5.70. The highest BCUT2D eigenvalue weighted by atomic mass is 16.6. The predicted octanol–water partition coefficient (Wildman–Crippen LogP) is 3.78. The number of ether oxygens (including phenoxy) is 5. The fourth-order valence-electron chi connectivity index (χ4n) is 2.61. The molecule has 0 aliphatic rings. The summed E-state index contributed by atoms with van der Waals surface area (Å²) in [6, 6.07) is 8.75. The summed E-state index contributed by atoms with van der Waals surface area (Å²) in [7, 11) is 0. The Morgan fingerprint density at radius 1 is 0.794 bits per heavy atom. The summed E-state index contributed by atoms with van der Waals surface area (Å²) in [5.74, 6) is -0.735. The van der Waals surface area contributed by atoms with Crippen LogP contribution < -0.4 is 5.32 Å². The molecular weight excluding hydrogens is 442 g/mol. The van der Waals surface area contributed by atoms with Crippen molar-refractivity contribution in [3.05, 3.63) is 35.9 Å². The summed E-state index contributed by atoms with van der Waals surface area (Å²) in [5, 5.41) is 2.70. The lowest BCUT2D eigenvalue weighted by Gasteiger charge is -2.21. The second-order valence-electron chi connectivity index (χ2n) is 9.73. The highest BCUT2D eigenvalue weighted by Crippen LogP contribution is 2.09. The minimum Gasteiger partial charge on any atom is -0.460 e. The van der Waals surface area contributed by atoms with Gasteiger partial charge in [0, 0.05) is 0 Å². The van der Waals surface area contributed by atoms with Crippen LogP contribution in [0.3, 0.4) is 0 Å². The van der Waals surface area contributed by atoms with Crippen molar-refractivity contribution in [2.45, 2.75) is 78.2 Å². The van der Waals surface area contributed by atoms with Crippen molar-refractivity contribution in [1.82, 2.24) is 5.32 Å². The molecule has 0 fully saturated rings. The normalized spacial score (nSPS) is 11.7. The fraction of sp³-hybridized carbons (Fsp3) is 0.640. The van der Waals surface area contributed by atoms with Crippen LogP contribution in [0.2, 0.25) is 0 Å². The lowest BCUT2D eigenvalue weighted by Crippen LogP contribution is -2.42. The van der Waals surface area contributed by atoms with Crippen LogP contribution in [-0.2, 0) is 39.9 Å². The van der Waals surface area contributed by atoms with Gasteiger partial charge < -0.3 is 29.0 Å². The Balaban J connectivity index is 2.47. The molecule has 0 heterocycles. The number of amides is 1. The Hall–Kier alpha value is -2.65. The van der Waals surface area contributed by atoms with E-state index in [1.807, 2.05) is 30.3 Å². The molecule has 0 aliphatic carbocycles. The van der Waals surface area contributed by atoms with Crippen LogP contribution in [0.15, 0.2) is 30.3 Å². The summed E-state index contributed by atoms with van der Waals surface area (Å²) in [6.45, 7) is 11.3. The van der Waals surface area contributed by atoms with Gasteiger partial charge in [0.2, 0.25) is 0 Å². The van der Waals surface area contributed by atoms with Crippen LogP contribution in [0.1, 0.15) is 59.9 Å². The monoisotopic (exact) mass is 481 g/mol. The van der Waals surface area contributed by atoms with Gasteiger partial charge in [0.15, 0.2) is 0 Å². The summed E-state index contributed by atoms with van der Waals surface area (Å²) >= 11 is 0. The molecule has 192 valence electrons. The van der Waals surface area contributed by atoms with E-state index in [2.05, 4.69) is 5.32 Å². The largest absolute Gasteiger partial charge is 0.460 e. The van der Waals surface area contributed by atoms with Gasteiger partial charge in [-0.05, 0) is 47.1 Å². The minimum absolute atomic E-state index is 0.0853. The number of hydrogen-bond donors (Lipinski definition) is 1. The second kappa shape index (κ2) is 14.6. The zero-order valence-corrected chi connectivity index (χ0v) is 21.2. The Labute approximate surface area is 202 Å². The number of carbonyl (C=O) groups is 3. The quantitative estimate of drug-likeness (QED) is 0.258. The maximum atomic E-state index is 12.2. The first-order valence-corrected chi connectivity index (χ1v) is 11.4. The van der Waals surface area contributed by atoms with E-state index in [0.717, 1.165) is 5.56 Å². The van der Waals surface area contributed by atoms with Gasteiger partial charge >= 0.3 is 18.0 Å². The molecule has 34 heavy (non-hydrogen) atoms. The van der Waals surface area contributed by atoms with E-state index < -0.39 is 23.3 Å². The molecule has 0 bridgehead atoms. The minimum atomic E-state index is -0.625. The number of carbonyl (C=O) groups excluding carboxylic acids is 3. The zero-order chi connectivity index (χ0) is 25.6. The molecule has 1 aromatic carbocycles. The van der Waals surface area contributed by atoms with Gasteiger partial charge in [-0.2, -0.15) is 0 Å². The Kier molecular flexibility index (Phi) is 12.6. The Bertz CT molecular complexity index is 716. The van der Waals surface area contributed by atoms with E-state index in [1.165, 1.54) is 0 Å². The zero-order valence-electron chi connectivity index (χ0n) is 21.2. The van der Waals surface area contributed by atoms with Crippen molar-refractivity contribution >= 4 is 18.0 Å². The van der Waals surface area contributed by atoms with E-state index in [-0.39, 0.29) is 57.8 Å². The molecule has 0 aliphatic heterocycles. The molecule has 0 atom stereocenters. The molecule has 1 amide bonds. The van der Waals surface area contributed by atoms with Crippen molar-refractivity contribution in [2.24, 2.45) is 0 Å². The Morgan fingerprint density at radius 3 is 1.71 bits per heavy atom. The van der Waals surface area contributed by atoms with Crippen molar-refractivity contribution < 1.29 is 38.1 Å². The summed E-state index contributed by atoms with van der Waals surface area (Å²) in [4.78, 5) is 35.9. The average Bonchev–Trinajstić information content (AvgIpc) is 2.70. The van der Waals surface area contributed by atoms with E-state index in [9.17, 15) is 14.4 Å². The summed E-state index contributed by atoms with van der Waals surface area (Å²) in [6.07, 6.45) is -0.454. The molecule has 0 aromatic heterocycles. The Morgan fingerprint density at radius 2 is 1.26 bits per heavy atom. The molecule has 1 N–H and O–H groups in total.